The van der Waals surface area contributed by atoms with Gasteiger partial charge in [-0.2, -0.15) is 0 Å². The second-order valence-electron chi connectivity index (χ2n) is 12.9. The maximum Gasteiger partial charge on any atom is 0.123 e. The van der Waals surface area contributed by atoms with Gasteiger partial charge in [0.2, 0.25) is 0 Å². The first kappa shape index (κ1) is 21.9. The van der Waals surface area contributed by atoms with Gasteiger partial charge in [-0.15, -0.1) is 0 Å². The molecule has 0 aliphatic carbocycles. The monoisotopic (exact) mass is 673 g/mol. The minimum absolute atomic E-state index is 0.0583. The Balaban J connectivity index is 1.25. The number of aromatic hydroxyl groups is 1. The molecular formula is C48H31N3O. The van der Waals surface area contributed by atoms with Gasteiger partial charge in [-0.25, -0.2) is 0 Å². The van der Waals surface area contributed by atoms with E-state index in [1.807, 2.05) is 54.6 Å². The summed E-state index contributed by atoms with van der Waals surface area (Å²) < 4.78 is 76.3. The molecule has 52 heavy (non-hydrogen) atoms. The highest BCUT2D eigenvalue weighted by atomic mass is 16.3. The van der Waals surface area contributed by atoms with Crippen LogP contribution in [0.2, 0.25) is 0 Å². The summed E-state index contributed by atoms with van der Waals surface area (Å²) in [6.07, 6.45) is 0. The van der Waals surface area contributed by atoms with E-state index in [1.54, 1.807) is 4.57 Å². The Morgan fingerprint density at radius 2 is 0.865 bits per heavy atom. The minimum atomic E-state index is -0.831. The molecule has 0 atom stereocenters. The van der Waals surface area contributed by atoms with E-state index in [4.69, 9.17) is 8.22 Å². The molecule has 4 heteroatoms. The Morgan fingerprint density at radius 3 is 1.48 bits per heavy atom. The van der Waals surface area contributed by atoms with Gasteiger partial charge in [-0.3, -0.25) is 0 Å². The highest BCUT2D eigenvalue weighted by Gasteiger charge is 2.22. The van der Waals surface area contributed by atoms with E-state index < -0.39 is 59.7 Å². The predicted molar refractivity (Wildman–Crippen MR) is 217 cm³/mol. The van der Waals surface area contributed by atoms with Gasteiger partial charge in [0.1, 0.15) is 5.75 Å². The van der Waals surface area contributed by atoms with Crippen LogP contribution in [0, 0.1) is 0 Å². The van der Waals surface area contributed by atoms with Crippen LogP contribution in [-0.4, -0.2) is 18.8 Å². The van der Waals surface area contributed by atoms with Crippen LogP contribution in [-0.2, 0) is 0 Å². The van der Waals surface area contributed by atoms with Crippen LogP contribution in [0.4, 0.5) is 0 Å². The number of aromatic nitrogens is 3. The van der Waals surface area contributed by atoms with Crippen molar-refractivity contribution in [1.29, 1.82) is 0 Å². The molecule has 0 saturated carbocycles. The maximum absolute atomic E-state index is 11.1. The van der Waals surface area contributed by atoms with E-state index in [-0.39, 0.29) is 11.3 Å². The highest BCUT2D eigenvalue weighted by Crippen LogP contribution is 2.43. The SMILES string of the molecule is [2H]c1c([2H])c([2H])c(-c2c([2H])c([2H])c([2H])c(-n3c4ccccc4c4c(-n5c6ccccc6c6c(-n7c8ccccc8c8ccccc87)cccc65)cccc43)c2[2H])c(O)c1[2H]. The highest BCUT2D eigenvalue weighted by molar-refractivity contribution is 6.19. The number of hydrogen-bond donors (Lipinski definition) is 1. The van der Waals surface area contributed by atoms with Crippen molar-refractivity contribution in [3.63, 3.8) is 0 Å². The topological polar surface area (TPSA) is 35.0 Å². The smallest absolute Gasteiger partial charge is 0.123 e. The molecule has 0 radical (unpaired) electrons. The second-order valence-corrected chi connectivity index (χ2v) is 12.9. The van der Waals surface area contributed by atoms with Gasteiger partial charge >= 0.3 is 0 Å². The third-order valence-corrected chi connectivity index (χ3v) is 10.2. The summed E-state index contributed by atoms with van der Waals surface area (Å²) in [5, 5.41) is 17.2. The standard InChI is InChI=1S/C48H31N3O/c52-46-29-10-5-16-33(46)31-14-11-15-32(30-31)49-40-23-8-3-19-36(40)47-42(49)25-12-27-44(47)51-41-24-9-4-20-37(41)48-43(26-13-28-45(48)51)50-38-21-6-1-17-34(38)35-18-2-7-22-39(35)50/h1-30,52H/i5D,10D,11D,14D,15D,16D,29D,30D. The lowest BCUT2D eigenvalue weighted by molar-refractivity contribution is 0.477. The predicted octanol–water partition coefficient (Wildman–Crippen LogP) is 12.4. The molecule has 0 aliphatic heterocycles. The average Bonchev–Trinajstić information content (AvgIpc) is 3.92. The zero-order chi connectivity index (χ0) is 41.3. The van der Waals surface area contributed by atoms with E-state index in [2.05, 4.69) is 88.0 Å². The normalized spacial score (nSPS) is 14.1. The first-order chi connectivity index (χ1) is 29.1. The average molecular weight is 674 g/mol. The molecule has 3 aromatic heterocycles. The summed E-state index contributed by atoms with van der Waals surface area (Å²) in [7, 11) is 0. The molecule has 11 aromatic rings. The quantitative estimate of drug-likeness (QED) is 0.198. The van der Waals surface area contributed by atoms with Crippen molar-refractivity contribution < 1.29 is 16.1 Å². The first-order valence-corrected chi connectivity index (χ1v) is 17.0. The van der Waals surface area contributed by atoms with Gasteiger partial charge in [-0.1, -0.05) is 115 Å². The van der Waals surface area contributed by atoms with Crippen LogP contribution in [0.25, 0.3) is 93.6 Å². The van der Waals surface area contributed by atoms with Crippen LogP contribution in [0.3, 0.4) is 0 Å². The molecule has 11 rings (SSSR count). The van der Waals surface area contributed by atoms with Crippen molar-refractivity contribution in [2.24, 2.45) is 0 Å². The number of phenols is 1. The Bertz CT molecular complexity index is 3590. The molecule has 1 N–H and O–H groups in total. The molecule has 0 saturated heterocycles. The van der Waals surface area contributed by atoms with Gasteiger partial charge in [0.15, 0.2) is 0 Å². The molecular weight excluding hydrogens is 635 g/mol. The van der Waals surface area contributed by atoms with Crippen molar-refractivity contribution in [1.82, 2.24) is 13.7 Å². The number of para-hydroxylation sites is 5. The van der Waals surface area contributed by atoms with Crippen molar-refractivity contribution in [3.8, 4) is 33.9 Å². The van der Waals surface area contributed by atoms with Crippen LogP contribution in [0.15, 0.2) is 182 Å². The number of phenolic OH excluding ortho intramolecular Hbond substituents is 1. The van der Waals surface area contributed by atoms with Gasteiger partial charge in [-0.05, 0) is 72.2 Å². The fourth-order valence-electron chi connectivity index (χ4n) is 8.11. The maximum atomic E-state index is 11.1. The summed E-state index contributed by atoms with van der Waals surface area (Å²) in [5.74, 6) is -0.831. The third-order valence-electron chi connectivity index (χ3n) is 10.2. The molecule has 0 bridgehead atoms. The van der Waals surface area contributed by atoms with Gasteiger partial charge in [0.05, 0.1) is 55.4 Å². The minimum Gasteiger partial charge on any atom is -0.507 e. The molecule has 0 aliphatic rings. The van der Waals surface area contributed by atoms with Crippen molar-refractivity contribution in [3.05, 3.63) is 182 Å². The Kier molecular flexibility index (Phi) is 4.63. The van der Waals surface area contributed by atoms with E-state index in [9.17, 15) is 7.85 Å². The first-order valence-electron chi connectivity index (χ1n) is 21.0. The lowest BCUT2D eigenvalue weighted by atomic mass is 10.0. The Morgan fingerprint density at radius 1 is 0.404 bits per heavy atom. The fraction of sp³-hybridized carbons (Fsp3) is 0. The van der Waals surface area contributed by atoms with E-state index in [1.165, 1.54) is 0 Å². The molecule has 0 fully saturated rings. The fourth-order valence-corrected chi connectivity index (χ4v) is 8.11. The van der Waals surface area contributed by atoms with Crippen molar-refractivity contribution in [2.45, 2.75) is 0 Å². The van der Waals surface area contributed by atoms with E-state index >= 15 is 0 Å². The summed E-state index contributed by atoms with van der Waals surface area (Å²) in [6.45, 7) is 0. The van der Waals surface area contributed by atoms with Crippen LogP contribution >= 0.6 is 0 Å². The van der Waals surface area contributed by atoms with Crippen molar-refractivity contribution in [2.75, 3.05) is 0 Å². The number of hydrogen-bond acceptors (Lipinski definition) is 1. The zero-order valence-corrected chi connectivity index (χ0v) is 27.5. The molecule has 244 valence electrons. The summed E-state index contributed by atoms with van der Waals surface area (Å²) in [4.78, 5) is 0. The zero-order valence-electron chi connectivity index (χ0n) is 35.5. The van der Waals surface area contributed by atoms with Crippen LogP contribution in [0.5, 0.6) is 5.75 Å². The van der Waals surface area contributed by atoms with Gasteiger partial charge in [0.25, 0.3) is 0 Å². The lowest BCUT2D eigenvalue weighted by Gasteiger charge is -2.13. The van der Waals surface area contributed by atoms with Gasteiger partial charge < -0.3 is 18.8 Å². The van der Waals surface area contributed by atoms with Crippen molar-refractivity contribution >= 4 is 65.4 Å². The van der Waals surface area contributed by atoms with E-state index in [0.717, 1.165) is 65.8 Å². The summed E-state index contributed by atoms with van der Waals surface area (Å²) >= 11 is 0. The third kappa shape index (κ3) is 3.97. The lowest BCUT2D eigenvalue weighted by Crippen LogP contribution is -1.98. The summed E-state index contributed by atoms with van der Waals surface area (Å²) in [6, 6.07) is 40.3. The van der Waals surface area contributed by atoms with Gasteiger partial charge in [0, 0.05) is 43.6 Å². The molecule has 0 spiro atoms. The largest absolute Gasteiger partial charge is 0.507 e. The molecule has 3 heterocycles. The molecule has 4 nitrogen and oxygen atoms in total. The van der Waals surface area contributed by atoms with Crippen LogP contribution < -0.4 is 0 Å². The molecule has 8 aromatic carbocycles. The Hall–Kier alpha value is -7.04. The molecule has 0 amide bonds. The van der Waals surface area contributed by atoms with Crippen LogP contribution in [0.1, 0.15) is 11.0 Å². The van der Waals surface area contributed by atoms with E-state index in [0.29, 0.717) is 11.0 Å². The second kappa shape index (κ2) is 11.0. The molecule has 0 unspecified atom stereocenters. The summed E-state index contributed by atoms with van der Waals surface area (Å²) in [5.41, 5.74) is 6.34. The number of nitrogens with zero attached hydrogens (tertiary/aromatic N) is 3. The number of fused-ring (bicyclic) bond motifs is 9. The number of rotatable bonds is 4. The number of benzene rings is 8. The Labute approximate surface area is 310 Å².